The Labute approximate surface area is 104 Å². The first-order valence-corrected chi connectivity index (χ1v) is 6.21. The van der Waals surface area contributed by atoms with Gasteiger partial charge in [0.2, 0.25) is 0 Å². The Morgan fingerprint density at radius 1 is 1.41 bits per heavy atom. The van der Waals surface area contributed by atoms with E-state index in [0.29, 0.717) is 17.8 Å². The summed E-state index contributed by atoms with van der Waals surface area (Å²) in [6.07, 6.45) is 0. The first-order valence-electron chi connectivity index (χ1n) is 5.33. The molecule has 0 bridgehead atoms. The molecule has 1 heterocycles. The molecule has 0 saturated carbocycles. The van der Waals surface area contributed by atoms with Crippen LogP contribution in [0.5, 0.6) is 0 Å². The third kappa shape index (κ3) is 2.85. The Morgan fingerprint density at radius 2 is 2.24 bits per heavy atom. The van der Waals surface area contributed by atoms with Crippen molar-refractivity contribution >= 4 is 22.9 Å². The smallest absolute Gasteiger partial charge is 0.251 e. The third-order valence-corrected chi connectivity index (χ3v) is 3.55. The van der Waals surface area contributed by atoms with E-state index in [1.807, 2.05) is 18.4 Å². The maximum Gasteiger partial charge on any atom is 0.251 e. The number of nitrogen functional groups attached to an aromatic ring is 1. The molecule has 0 unspecified atom stereocenters. The van der Waals surface area contributed by atoms with Gasteiger partial charge in [-0.05, 0) is 42.1 Å². The minimum Gasteiger partial charge on any atom is -0.399 e. The number of carbonyl (C=O) groups is 1. The van der Waals surface area contributed by atoms with Gasteiger partial charge < -0.3 is 11.1 Å². The van der Waals surface area contributed by atoms with Crippen LogP contribution in [0.1, 0.15) is 20.8 Å². The fourth-order valence-electron chi connectivity index (χ4n) is 1.53. The molecule has 88 valence electrons. The lowest BCUT2D eigenvalue weighted by Gasteiger charge is -2.05. The average Bonchev–Trinajstić information content (AvgIpc) is 2.72. The van der Waals surface area contributed by atoms with Gasteiger partial charge in [0.25, 0.3) is 5.91 Å². The maximum atomic E-state index is 11.8. The van der Waals surface area contributed by atoms with E-state index >= 15 is 0 Å². The van der Waals surface area contributed by atoms with Crippen LogP contribution >= 0.6 is 11.3 Å². The summed E-state index contributed by atoms with van der Waals surface area (Å²) in [6.45, 7) is 2.61. The van der Waals surface area contributed by atoms with Gasteiger partial charge in [-0.3, -0.25) is 4.79 Å². The summed E-state index contributed by atoms with van der Waals surface area (Å²) in [4.78, 5) is 13.0. The summed E-state index contributed by atoms with van der Waals surface area (Å²) in [6, 6.07) is 9.02. The Kier molecular flexibility index (Phi) is 3.44. The fraction of sp³-hybridized carbons (Fsp3) is 0.154. The Bertz CT molecular complexity index is 534. The average molecular weight is 246 g/mol. The van der Waals surface area contributed by atoms with Crippen molar-refractivity contribution in [3.8, 4) is 0 Å². The second-order valence-corrected chi connectivity index (χ2v) is 4.84. The molecule has 0 fully saturated rings. The van der Waals surface area contributed by atoms with E-state index in [4.69, 9.17) is 5.73 Å². The molecule has 1 aromatic heterocycles. The molecule has 4 heteroatoms. The summed E-state index contributed by atoms with van der Waals surface area (Å²) in [5.41, 5.74) is 8.04. The van der Waals surface area contributed by atoms with Crippen molar-refractivity contribution in [3.05, 3.63) is 51.7 Å². The number of amides is 1. The Morgan fingerprint density at radius 3 is 2.88 bits per heavy atom. The van der Waals surface area contributed by atoms with Crippen LogP contribution in [-0.4, -0.2) is 5.91 Å². The molecular formula is C13H14N2OS. The number of nitrogens with two attached hydrogens (primary N) is 1. The second-order valence-electron chi connectivity index (χ2n) is 3.83. The highest BCUT2D eigenvalue weighted by atomic mass is 32.1. The molecule has 3 nitrogen and oxygen atoms in total. The normalized spacial score (nSPS) is 10.2. The summed E-state index contributed by atoms with van der Waals surface area (Å²) < 4.78 is 0. The van der Waals surface area contributed by atoms with Crippen LogP contribution in [-0.2, 0) is 6.54 Å². The van der Waals surface area contributed by atoms with Crippen LogP contribution in [0.3, 0.4) is 0 Å². The summed E-state index contributed by atoms with van der Waals surface area (Å²) in [5, 5.41) is 4.91. The number of thiophene rings is 1. The quantitative estimate of drug-likeness (QED) is 0.818. The number of benzene rings is 1. The SMILES string of the molecule is Cc1ccsc1CNC(=O)c1cccc(N)c1. The Balaban J connectivity index is 2.01. The third-order valence-electron chi connectivity index (χ3n) is 2.53. The lowest BCUT2D eigenvalue weighted by molar-refractivity contribution is 0.0951. The van der Waals surface area contributed by atoms with E-state index < -0.39 is 0 Å². The summed E-state index contributed by atoms with van der Waals surface area (Å²) >= 11 is 1.65. The molecule has 0 atom stereocenters. The van der Waals surface area contributed by atoms with E-state index in [1.54, 1.807) is 35.6 Å². The van der Waals surface area contributed by atoms with E-state index in [0.717, 1.165) is 0 Å². The number of carbonyl (C=O) groups excluding carboxylic acids is 1. The zero-order valence-corrected chi connectivity index (χ0v) is 10.4. The number of aryl methyl sites for hydroxylation is 1. The number of anilines is 1. The van der Waals surface area contributed by atoms with Crippen molar-refractivity contribution in [2.24, 2.45) is 0 Å². The van der Waals surface area contributed by atoms with Gasteiger partial charge in [0, 0.05) is 16.1 Å². The van der Waals surface area contributed by atoms with Crippen LogP contribution in [0.25, 0.3) is 0 Å². The summed E-state index contributed by atoms with van der Waals surface area (Å²) in [7, 11) is 0. The highest BCUT2D eigenvalue weighted by Crippen LogP contribution is 2.15. The first kappa shape index (κ1) is 11.7. The Hall–Kier alpha value is -1.81. The van der Waals surface area contributed by atoms with Gasteiger partial charge >= 0.3 is 0 Å². The predicted molar refractivity (Wildman–Crippen MR) is 71.1 cm³/mol. The highest BCUT2D eigenvalue weighted by molar-refractivity contribution is 7.10. The van der Waals surface area contributed by atoms with Crippen LogP contribution in [0.15, 0.2) is 35.7 Å². The van der Waals surface area contributed by atoms with E-state index in [9.17, 15) is 4.79 Å². The van der Waals surface area contributed by atoms with Gasteiger partial charge in [-0.25, -0.2) is 0 Å². The van der Waals surface area contributed by atoms with Crippen molar-refractivity contribution in [1.29, 1.82) is 0 Å². The zero-order valence-electron chi connectivity index (χ0n) is 9.57. The molecule has 2 rings (SSSR count). The number of hydrogen-bond donors (Lipinski definition) is 2. The van der Waals surface area contributed by atoms with Crippen molar-refractivity contribution in [2.75, 3.05) is 5.73 Å². The van der Waals surface area contributed by atoms with Gasteiger partial charge in [0.15, 0.2) is 0 Å². The molecule has 0 aliphatic rings. The molecule has 1 aromatic carbocycles. The molecular weight excluding hydrogens is 232 g/mol. The highest BCUT2D eigenvalue weighted by Gasteiger charge is 2.06. The molecule has 3 N–H and O–H groups in total. The topological polar surface area (TPSA) is 55.1 Å². The van der Waals surface area contributed by atoms with Crippen LogP contribution in [0, 0.1) is 6.92 Å². The van der Waals surface area contributed by atoms with Crippen molar-refractivity contribution < 1.29 is 4.79 Å². The molecule has 0 spiro atoms. The van der Waals surface area contributed by atoms with E-state index in [-0.39, 0.29) is 5.91 Å². The van der Waals surface area contributed by atoms with Crippen LogP contribution in [0.4, 0.5) is 5.69 Å². The number of rotatable bonds is 3. The molecule has 0 saturated heterocycles. The van der Waals surface area contributed by atoms with Gasteiger partial charge in [-0.15, -0.1) is 11.3 Å². The number of hydrogen-bond acceptors (Lipinski definition) is 3. The van der Waals surface area contributed by atoms with Gasteiger partial charge in [0.05, 0.1) is 6.54 Å². The van der Waals surface area contributed by atoms with Crippen molar-refractivity contribution in [3.63, 3.8) is 0 Å². The largest absolute Gasteiger partial charge is 0.399 e. The standard InChI is InChI=1S/C13H14N2OS/c1-9-5-6-17-12(9)8-15-13(16)10-3-2-4-11(14)7-10/h2-7H,8,14H2,1H3,(H,15,16). The molecule has 2 aromatic rings. The summed E-state index contributed by atoms with van der Waals surface area (Å²) in [5.74, 6) is -0.0925. The fourth-order valence-corrected chi connectivity index (χ4v) is 2.37. The van der Waals surface area contributed by atoms with Crippen LogP contribution in [0.2, 0.25) is 0 Å². The molecule has 17 heavy (non-hydrogen) atoms. The molecule has 0 radical (unpaired) electrons. The van der Waals surface area contributed by atoms with Crippen LogP contribution < -0.4 is 11.1 Å². The maximum absolute atomic E-state index is 11.8. The van der Waals surface area contributed by atoms with Gasteiger partial charge in [0.1, 0.15) is 0 Å². The van der Waals surface area contributed by atoms with E-state index in [1.165, 1.54) is 10.4 Å². The number of nitrogens with one attached hydrogen (secondary N) is 1. The van der Waals surface area contributed by atoms with Gasteiger partial charge in [-0.1, -0.05) is 6.07 Å². The minimum absolute atomic E-state index is 0.0925. The van der Waals surface area contributed by atoms with Crippen molar-refractivity contribution in [1.82, 2.24) is 5.32 Å². The second kappa shape index (κ2) is 5.01. The lowest BCUT2D eigenvalue weighted by atomic mass is 10.2. The first-order chi connectivity index (χ1) is 8.16. The monoisotopic (exact) mass is 246 g/mol. The van der Waals surface area contributed by atoms with E-state index in [2.05, 4.69) is 5.32 Å². The minimum atomic E-state index is -0.0925. The molecule has 0 aliphatic heterocycles. The zero-order chi connectivity index (χ0) is 12.3. The molecule has 0 aliphatic carbocycles. The predicted octanol–water partition coefficient (Wildman–Crippen LogP) is 2.57. The van der Waals surface area contributed by atoms with Gasteiger partial charge in [-0.2, -0.15) is 0 Å². The van der Waals surface area contributed by atoms with Crippen molar-refractivity contribution in [2.45, 2.75) is 13.5 Å². The lowest BCUT2D eigenvalue weighted by Crippen LogP contribution is -2.22. The molecule has 1 amide bonds.